The van der Waals surface area contributed by atoms with Gasteiger partial charge in [0.1, 0.15) is 0 Å². The Balaban J connectivity index is 2.34. The Bertz CT molecular complexity index is 161. The van der Waals surface area contributed by atoms with Crippen molar-refractivity contribution in [3.63, 3.8) is 0 Å². The molecule has 1 aliphatic heterocycles. The van der Waals surface area contributed by atoms with Crippen molar-refractivity contribution >= 4 is 22.6 Å². The first-order chi connectivity index (χ1) is 5.70. The molecule has 1 fully saturated rings. The Kier molecular flexibility index (Phi) is 4.57. The maximum Gasteiger partial charge on any atom is 0.0727 e. The molecule has 1 nitrogen and oxygen atoms in total. The molecule has 1 rings (SSSR count). The first kappa shape index (κ1) is 10.5. The average Bonchev–Trinajstić information content (AvgIpc) is 2.03. The highest BCUT2D eigenvalue weighted by Gasteiger charge is 2.21. The molecule has 0 amide bonds. The minimum absolute atomic E-state index is 0.467. The van der Waals surface area contributed by atoms with Gasteiger partial charge in [0, 0.05) is 10.5 Å². The van der Waals surface area contributed by atoms with E-state index in [-0.39, 0.29) is 0 Å². The first-order valence-corrected chi connectivity index (χ1v) is 5.83. The molecule has 2 heteroatoms. The van der Waals surface area contributed by atoms with Crippen LogP contribution in [0.2, 0.25) is 0 Å². The Morgan fingerprint density at radius 3 is 2.92 bits per heavy atom. The fraction of sp³-hybridized carbons (Fsp3) is 0.800. The van der Waals surface area contributed by atoms with Gasteiger partial charge in [-0.05, 0) is 33.1 Å². The van der Waals surface area contributed by atoms with Gasteiger partial charge in [-0.2, -0.15) is 0 Å². The summed E-state index contributed by atoms with van der Waals surface area (Å²) in [4.78, 5) is 0. The first-order valence-electron chi connectivity index (χ1n) is 4.59. The molecular formula is C10H17IO. The van der Waals surface area contributed by atoms with Gasteiger partial charge in [-0.3, -0.25) is 0 Å². The van der Waals surface area contributed by atoms with Crippen molar-refractivity contribution in [1.29, 1.82) is 0 Å². The molecule has 0 bridgehead atoms. The molecule has 0 aromatic rings. The molecule has 0 aliphatic carbocycles. The third kappa shape index (κ3) is 3.44. The van der Waals surface area contributed by atoms with Crippen LogP contribution in [0.15, 0.2) is 11.6 Å². The molecule has 1 heterocycles. The lowest BCUT2D eigenvalue weighted by Gasteiger charge is -2.27. The minimum atomic E-state index is 0.467. The van der Waals surface area contributed by atoms with Crippen LogP contribution in [0.4, 0.5) is 0 Å². The summed E-state index contributed by atoms with van der Waals surface area (Å²) >= 11 is 2.51. The fourth-order valence-electron chi connectivity index (χ4n) is 1.37. The van der Waals surface area contributed by atoms with Crippen LogP contribution in [0.25, 0.3) is 0 Å². The molecule has 70 valence electrons. The van der Waals surface area contributed by atoms with E-state index in [4.69, 9.17) is 4.74 Å². The Morgan fingerprint density at radius 2 is 2.33 bits per heavy atom. The molecular weight excluding hydrogens is 263 g/mol. The molecule has 0 saturated carbocycles. The largest absolute Gasteiger partial charge is 0.377 e. The second-order valence-corrected chi connectivity index (χ2v) is 5.18. The molecule has 1 saturated heterocycles. The highest BCUT2D eigenvalue weighted by molar-refractivity contribution is 14.1. The summed E-state index contributed by atoms with van der Waals surface area (Å²) in [7, 11) is 0. The number of ether oxygens (including phenoxy) is 1. The lowest BCUT2D eigenvalue weighted by atomic mass is 10.1. The maximum absolute atomic E-state index is 5.69. The summed E-state index contributed by atoms with van der Waals surface area (Å²) < 4.78 is 6.40. The van der Waals surface area contributed by atoms with E-state index in [1.165, 1.54) is 18.4 Å². The van der Waals surface area contributed by atoms with Crippen molar-refractivity contribution in [3.05, 3.63) is 11.6 Å². The van der Waals surface area contributed by atoms with Gasteiger partial charge in [-0.15, -0.1) is 0 Å². The molecule has 12 heavy (non-hydrogen) atoms. The monoisotopic (exact) mass is 280 g/mol. The van der Waals surface area contributed by atoms with Crippen molar-refractivity contribution in [3.8, 4) is 0 Å². The number of halogens is 1. The number of allylic oxidation sites excluding steroid dienone is 1. The molecule has 0 aromatic heterocycles. The van der Waals surface area contributed by atoms with Gasteiger partial charge in [0.15, 0.2) is 0 Å². The standard InChI is InChI=1S/C10H17IO/c1-8(2)5-6-10-9(11)4-3-7-12-10/h5,9-10H,3-4,6-7H2,1-2H3/t9-,10+/m0/s1. The predicted octanol–water partition coefficient (Wildman–Crippen LogP) is 3.33. The van der Waals surface area contributed by atoms with Gasteiger partial charge >= 0.3 is 0 Å². The topological polar surface area (TPSA) is 9.23 Å². The normalized spacial score (nSPS) is 29.9. The smallest absolute Gasteiger partial charge is 0.0727 e. The third-order valence-electron chi connectivity index (χ3n) is 2.12. The van der Waals surface area contributed by atoms with E-state index in [1.807, 2.05) is 0 Å². The number of rotatable bonds is 2. The second kappa shape index (κ2) is 5.22. The van der Waals surface area contributed by atoms with E-state index < -0.39 is 0 Å². The van der Waals surface area contributed by atoms with Gasteiger partial charge in [0.2, 0.25) is 0 Å². The summed E-state index contributed by atoms with van der Waals surface area (Å²) in [6.45, 7) is 5.25. The average molecular weight is 280 g/mol. The molecule has 0 radical (unpaired) electrons. The summed E-state index contributed by atoms with van der Waals surface area (Å²) in [5.74, 6) is 0. The predicted molar refractivity (Wildman–Crippen MR) is 60.8 cm³/mol. The Labute approximate surface area is 88.7 Å². The number of alkyl halides is 1. The SMILES string of the molecule is CC(C)=CC[C@H]1OCCC[C@@H]1I. The molecule has 0 N–H and O–H groups in total. The van der Waals surface area contributed by atoms with Crippen molar-refractivity contribution in [1.82, 2.24) is 0 Å². The summed E-state index contributed by atoms with van der Waals surface area (Å²) in [6, 6.07) is 0. The van der Waals surface area contributed by atoms with E-state index in [1.54, 1.807) is 0 Å². The van der Waals surface area contributed by atoms with E-state index in [9.17, 15) is 0 Å². The van der Waals surface area contributed by atoms with Gasteiger partial charge in [0.25, 0.3) is 0 Å². The van der Waals surface area contributed by atoms with E-state index in [2.05, 4.69) is 42.5 Å². The van der Waals surface area contributed by atoms with E-state index in [0.29, 0.717) is 10.0 Å². The molecule has 1 aliphatic rings. The molecule has 0 spiro atoms. The highest BCUT2D eigenvalue weighted by atomic mass is 127. The van der Waals surface area contributed by atoms with Crippen LogP contribution in [0.5, 0.6) is 0 Å². The zero-order valence-corrected chi connectivity index (χ0v) is 10.0. The van der Waals surface area contributed by atoms with Crippen LogP contribution < -0.4 is 0 Å². The van der Waals surface area contributed by atoms with E-state index in [0.717, 1.165) is 13.0 Å². The van der Waals surface area contributed by atoms with Crippen LogP contribution in [-0.2, 0) is 4.74 Å². The number of hydrogen-bond donors (Lipinski definition) is 0. The third-order valence-corrected chi connectivity index (χ3v) is 3.54. The fourth-order valence-corrected chi connectivity index (χ4v) is 2.31. The van der Waals surface area contributed by atoms with Crippen LogP contribution in [0, 0.1) is 0 Å². The van der Waals surface area contributed by atoms with Crippen molar-refractivity contribution in [2.45, 2.75) is 43.1 Å². The van der Waals surface area contributed by atoms with Crippen molar-refractivity contribution in [2.24, 2.45) is 0 Å². The zero-order chi connectivity index (χ0) is 8.97. The van der Waals surface area contributed by atoms with Gasteiger partial charge in [-0.25, -0.2) is 0 Å². The van der Waals surface area contributed by atoms with E-state index >= 15 is 0 Å². The molecule has 0 aromatic carbocycles. The maximum atomic E-state index is 5.69. The number of hydrogen-bond acceptors (Lipinski definition) is 1. The van der Waals surface area contributed by atoms with Gasteiger partial charge in [0.05, 0.1) is 6.10 Å². The summed E-state index contributed by atoms with van der Waals surface area (Å²) in [5.41, 5.74) is 1.40. The zero-order valence-electron chi connectivity index (χ0n) is 7.85. The van der Waals surface area contributed by atoms with Crippen molar-refractivity contribution in [2.75, 3.05) is 6.61 Å². The van der Waals surface area contributed by atoms with Gasteiger partial charge < -0.3 is 4.74 Å². The molecule has 0 unspecified atom stereocenters. The summed E-state index contributed by atoms with van der Waals surface area (Å²) in [5, 5.41) is 0. The summed E-state index contributed by atoms with van der Waals surface area (Å²) in [6.07, 6.45) is 6.40. The van der Waals surface area contributed by atoms with Crippen LogP contribution in [-0.4, -0.2) is 16.6 Å². The lowest BCUT2D eigenvalue weighted by molar-refractivity contribution is 0.0271. The van der Waals surface area contributed by atoms with Crippen molar-refractivity contribution < 1.29 is 4.74 Å². The van der Waals surface area contributed by atoms with Gasteiger partial charge in [-0.1, -0.05) is 34.2 Å². The van der Waals surface area contributed by atoms with Crippen LogP contribution in [0.3, 0.4) is 0 Å². The Morgan fingerprint density at radius 1 is 1.58 bits per heavy atom. The highest BCUT2D eigenvalue weighted by Crippen LogP contribution is 2.24. The molecule has 2 atom stereocenters. The second-order valence-electron chi connectivity index (χ2n) is 3.58. The lowest BCUT2D eigenvalue weighted by Crippen LogP contribution is -2.29. The Hall–Kier alpha value is 0.430. The van der Waals surface area contributed by atoms with Crippen LogP contribution in [0.1, 0.15) is 33.1 Å². The quantitative estimate of drug-likeness (QED) is 0.428. The minimum Gasteiger partial charge on any atom is -0.377 e. The van der Waals surface area contributed by atoms with Crippen LogP contribution >= 0.6 is 22.6 Å².